The predicted molar refractivity (Wildman–Crippen MR) is 69.7 cm³/mol. The average molecular weight is 276 g/mol. The van der Waals surface area contributed by atoms with Crippen molar-refractivity contribution in [3.8, 4) is 0 Å². The summed E-state index contributed by atoms with van der Waals surface area (Å²) in [7, 11) is 0. The molecule has 20 heavy (non-hydrogen) atoms. The van der Waals surface area contributed by atoms with E-state index in [2.05, 4.69) is 5.32 Å². The summed E-state index contributed by atoms with van der Waals surface area (Å²) in [4.78, 5) is 21.3. The van der Waals surface area contributed by atoms with E-state index in [1.54, 1.807) is 0 Å². The number of nitrogens with one attached hydrogen (secondary N) is 1. The highest BCUT2D eigenvalue weighted by Gasteiger charge is 2.24. The summed E-state index contributed by atoms with van der Waals surface area (Å²) in [5, 5.41) is 22.7. The Morgan fingerprint density at radius 3 is 2.40 bits per heavy atom. The highest BCUT2D eigenvalue weighted by atomic mass is 19.1. The van der Waals surface area contributed by atoms with E-state index in [9.17, 15) is 19.3 Å². The lowest BCUT2D eigenvalue weighted by molar-refractivity contribution is -0.384. The minimum absolute atomic E-state index is 0.0292. The molecule has 7 heteroatoms. The normalized spacial score (nSPS) is 10.1. The van der Waals surface area contributed by atoms with Crippen LogP contribution in [0.25, 0.3) is 0 Å². The summed E-state index contributed by atoms with van der Waals surface area (Å²) in [6.07, 6.45) is 0. The lowest BCUT2D eigenvalue weighted by atomic mass is 10.1. The van der Waals surface area contributed by atoms with Gasteiger partial charge in [0.15, 0.2) is 0 Å². The maximum atomic E-state index is 12.8. The van der Waals surface area contributed by atoms with E-state index < -0.39 is 28.0 Å². The third-order valence-corrected chi connectivity index (χ3v) is 2.57. The molecular formula is C13H9FN2O4. The smallest absolute Gasteiger partial charge is 0.342 e. The third-order valence-electron chi connectivity index (χ3n) is 2.57. The van der Waals surface area contributed by atoms with Crippen molar-refractivity contribution in [3.63, 3.8) is 0 Å². The number of carbonyl (C=O) groups is 1. The fourth-order valence-corrected chi connectivity index (χ4v) is 1.70. The maximum Gasteiger partial charge on any atom is 0.342 e. The van der Waals surface area contributed by atoms with E-state index >= 15 is 0 Å². The molecule has 6 nitrogen and oxygen atoms in total. The van der Waals surface area contributed by atoms with Crippen LogP contribution >= 0.6 is 0 Å². The molecule has 2 N–H and O–H groups in total. The number of hydrogen-bond acceptors (Lipinski definition) is 4. The summed E-state index contributed by atoms with van der Waals surface area (Å²) in [5.74, 6) is -1.83. The molecule has 0 bridgehead atoms. The zero-order valence-corrected chi connectivity index (χ0v) is 10.0. The van der Waals surface area contributed by atoms with Crippen molar-refractivity contribution in [2.75, 3.05) is 5.32 Å². The van der Waals surface area contributed by atoms with Gasteiger partial charge >= 0.3 is 11.7 Å². The minimum Gasteiger partial charge on any atom is -0.477 e. The number of rotatable bonds is 4. The van der Waals surface area contributed by atoms with Crippen LogP contribution in [0.4, 0.5) is 21.5 Å². The second-order valence-electron chi connectivity index (χ2n) is 3.90. The summed E-state index contributed by atoms with van der Waals surface area (Å²) in [6.45, 7) is 0. The van der Waals surface area contributed by atoms with Crippen LogP contribution in [0.2, 0.25) is 0 Å². The SMILES string of the molecule is O=C(O)c1cccc(Nc2ccc(F)cc2)c1[N+](=O)[O-]. The largest absolute Gasteiger partial charge is 0.477 e. The number of nitrogens with zero attached hydrogens (tertiary/aromatic N) is 1. The van der Waals surface area contributed by atoms with Crippen LogP contribution < -0.4 is 5.32 Å². The lowest BCUT2D eigenvalue weighted by Crippen LogP contribution is -2.05. The topological polar surface area (TPSA) is 92.5 Å². The molecule has 102 valence electrons. The fraction of sp³-hybridized carbons (Fsp3) is 0. The van der Waals surface area contributed by atoms with Crippen molar-refractivity contribution >= 4 is 23.0 Å². The average Bonchev–Trinajstić information content (AvgIpc) is 2.40. The van der Waals surface area contributed by atoms with Gasteiger partial charge in [-0.3, -0.25) is 10.1 Å². The molecule has 0 radical (unpaired) electrons. The van der Waals surface area contributed by atoms with Gasteiger partial charge in [0.05, 0.1) is 4.92 Å². The Balaban J connectivity index is 2.46. The molecule has 0 amide bonds. The number of carboxylic acid groups (broad SMARTS) is 1. The first-order valence-electron chi connectivity index (χ1n) is 5.52. The molecule has 0 unspecified atom stereocenters. The second-order valence-corrected chi connectivity index (χ2v) is 3.90. The van der Waals surface area contributed by atoms with Crippen molar-refractivity contribution in [2.24, 2.45) is 0 Å². The first-order valence-corrected chi connectivity index (χ1v) is 5.52. The third kappa shape index (κ3) is 2.72. The molecule has 0 aliphatic carbocycles. The quantitative estimate of drug-likeness (QED) is 0.660. The number of hydrogen-bond donors (Lipinski definition) is 2. The molecule has 0 saturated heterocycles. The number of aromatic carboxylic acids is 1. The van der Waals surface area contributed by atoms with Gasteiger partial charge in [-0.05, 0) is 36.4 Å². The molecule has 2 aromatic carbocycles. The number of nitro groups is 1. The van der Waals surface area contributed by atoms with Crippen LogP contribution in [0.1, 0.15) is 10.4 Å². The Morgan fingerprint density at radius 2 is 1.85 bits per heavy atom. The predicted octanol–water partition coefficient (Wildman–Crippen LogP) is 3.18. The molecule has 0 aliphatic heterocycles. The van der Waals surface area contributed by atoms with Crippen LogP contribution in [0.15, 0.2) is 42.5 Å². The van der Waals surface area contributed by atoms with E-state index in [0.29, 0.717) is 5.69 Å². The number of nitro benzene ring substituents is 1. The van der Waals surface area contributed by atoms with E-state index in [1.165, 1.54) is 36.4 Å². The van der Waals surface area contributed by atoms with E-state index in [-0.39, 0.29) is 5.69 Å². The molecule has 0 aromatic heterocycles. The Hall–Kier alpha value is -2.96. The Bertz CT molecular complexity index is 671. The molecular weight excluding hydrogens is 267 g/mol. The van der Waals surface area contributed by atoms with Crippen molar-refractivity contribution in [3.05, 3.63) is 64.0 Å². The fourth-order valence-electron chi connectivity index (χ4n) is 1.70. The van der Waals surface area contributed by atoms with Crippen LogP contribution in [-0.2, 0) is 0 Å². The molecule has 0 spiro atoms. The van der Waals surface area contributed by atoms with Crippen molar-refractivity contribution in [1.29, 1.82) is 0 Å². The van der Waals surface area contributed by atoms with Gasteiger partial charge in [0.2, 0.25) is 0 Å². The van der Waals surface area contributed by atoms with Gasteiger partial charge in [-0.1, -0.05) is 6.07 Å². The maximum absolute atomic E-state index is 12.8. The number of halogens is 1. The molecule has 0 aliphatic rings. The van der Waals surface area contributed by atoms with Crippen LogP contribution in [0, 0.1) is 15.9 Å². The van der Waals surface area contributed by atoms with Gasteiger partial charge < -0.3 is 10.4 Å². The Labute approximate surface area is 112 Å². The van der Waals surface area contributed by atoms with Crippen molar-refractivity contribution in [1.82, 2.24) is 0 Å². The van der Waals surface area contributed by atoms with Crippen LogP contribution in [0.3, 0.4) is 0 Å². The van der Waals surface area contributed by atoms with Gasteiger partial charge in [-0.15, -0.1) is 0 Å². The van der Waals surface area contributed by atoms with Gasteiger partial charge in [0.1, 0.15) is 17.1 Å². The molecule has 2 aromatic rings. The van der Waals surface area contributed by atoms with Gasteiger partial charge in [0, 0.05) is 5.69 Å². The Morgan fingerprint density at radius 1 is 1.20 bits per heavy atom. The summed E-state index contributed by atoms with van der Waals surface area (Å²) < 4.78 is 12.8. The molecule has 0 atom stereocenters. The standard InChI is InChI=1S/C13H9FN2O4/c14-8-4-6-9(7-5-8)15-11-3-1-2-10(13(17)18)12(11)16(19)20/h1-7,15H,(H,17,18). The van der Waals surface area contributed by atoms with Crippen molar-refractivity contribution in [2.45, 2.75) is 0 Å². The van der Waals surface area contributed by atoms with Gasteiger partial charge in [0.25, 0.3) is 0 Å². The lowest BCUT2D eigenvalue weighted by Gasteiger charge is -2.08. The summed E-state index contributed by atoms with van der Waals surface area (Å²) >= 11 is 0. The Kier molecular flexibility index (Phi) is 3.60. The first-order chi connectivity index (χ1) is 9.49. The zero-order chi connectivity index (χ0) is 14.7. The monoisotopic (exact) mass is 276 g/mol. The molecule has 0 fully saturated rings. The number of para-hydroxylation sites is 1. The summed E-state index contributed by atoms with van der Waals surface area (Å²) in [5.41, 5.74) is -0.509. The number of benzene rings is 2. The summed E-state index contributed by atoms with van der Waals surface area (Å²) in [6, 6.07) is 9.09. The van der Waals surface area contributed by atoms with Crippen LogP contribution in [0.5, 0.6) is 0 Å². The van der Waals surface area contributed by atoms with Gasteiger partial charge in [-0.2, -0.15) is 0 Å². The molecule has 0 saturated carbocycles. The zero-order valence-electron chi connectivity index (χ0n) is 10.0. The second kappa shape index (κ2) is 5.35. The highest BCUT2D eigenvalue weighted by Crippen LogP contribution is 2.31. The van der Waals surface area contributed by atoms with Gasteiger partial charge in [-0.25, -0.2) is 9.18 Å². The molecule has 2 rings (SSSR count). The van der Waals surface area contributed by atoms with Crippen LogP contribution in [-0.4, -0.2) is 16.0 Å². The molecule has 0 heterocycles. The number of anilines is 2. The van der Waals surface area contributed by atoms with Crippen molar-refractivity contribution < 1.29 is 19.2 Å². The first kappa shape index (κ1) is 13.5. The van der Waals surface area contributed by atoms with E-state index in [4.69, 9.17) is 5.11 Å². The minimum atomic E-state index is -1.39. The highest BCUT2D eigenvalue weighted by molar-refractivity contribution is 5.96. The van der Waals surface area contributed by atoms with E-state index in [1.807, 2.05) is 0 Å². The number of carboxylic acids is 1. The van der Waals surface area contributed by atoms with E-state index in [0.717, 1.165) is 6.07 Å².